The third kappa shape index (κ3) is 3.97. The lowest BCUT2D eigenvalue weighted by Crippen LogP contribution is -3.12. The molecule has 130 valence electrons. The predicted octanol–water partition coefficient (Wildman–Crippen LogP) is -0.488. The summed E-state index contributed by atoms with van der Waals surface area (Å²) in [4.78, 5) is 13.6. The summed E-state index contributed by atoms with van der Waals surface area (Å²) in [6.07, 6.45) is 1.61. The summed E-state index contributed by atoms with van der Waals surface area (Å²) in [5.74, 6) is 1.67. The van der Waals surface area contributed by atoms with Gasteiger partial charge in [-0.15, -0.1) is 10.2 Å². The average molecular weight is 351 g/mol. The van der Waals surface area contributed by atoms with Crippen LogP contribution in [0.1, 0.15) is 6.92 Å². The number of carbonyl (C=O) groups excluding carboxylic acids is 1. The zero-order valence-electron chi connectivity index (χ0n) is 14.0. The van der Waals surface area contributed by atoms with Crippen LogP contribution >= 0.6 is 11.8 Å². The minimum Gasteiger partial charge on any atom is -0.461 e. The zero-order valence-corrected chi connectivity index (χ0v) is 14.8. The van der Waals surface area contributed by atoms with Gasteiger partial charge in [-0.3, -0.25) is 14.8 Å². The van der Waals surface area contributed by atoms with E-state index in [0.717, 1.165) is 31.3 Å². The van der Waals surface area contributed by atoms with Gasteiger partial charge < -0.3 is 9.32 Å². The van der Waals surface area contributed by atoms with Gasteiger partial charge in [0.05, 0.1) is 45.2 Å². The van der Waals surface area contributed by atoms with E-state index in [1.54, 1.807) is 6.26 Å². The van der Waals surface area contributed by atoms with Crippen LogP contribution in [-0.4, -0.2) is 64.7 Å². The second kappa shape index (κ2) is 7.82. The van der Waals surface area contributed by atoms with Crippen LogP contribution in [0.5, 0.6) is 0 Å². The van der Waals surface area contributed by atoms with Gasteiger partial charge in [-0.2, -0.15) is 0 Å². The molecule has 0 atom stereocenters. The van der Waals surface area contributed by atoms with Gasteiger partial charge in [0.15, 0.2) is 16.7 Å². The van der Waals surface area contributed by atoms with Crippen molar-refractivity contribution in [2.45, 2.75) is 18.6 Å². The highest BCUT2D eigenvalue weighted by atomic mass is 32.2. The molecule has 0 aromatic carbocycles. The minimum atomic E-state index is -0.00949. The Balaban J connectivity index is 1.55. The number of hydrogen-bond donors (Lipinski definition) is 2. The Hall–Kier alpha value is -1.84. The van der Waals surface area contributed by atoms with Crippen LogP contribution in [0.25, 0.3) is 11.6 Å². The van der Waals surface area contributed by atoms with Crippen LogP contribution in [-0.2, 0) is 11.3 Å². The molecule has 0 bridgehead atoms. The molecule has 0 radical (unpaired) electrons. The SMILES string of the molecule is CCn1c(SCC(=O)NN2CC[NH+](C)CC2)nnc1-c1ccco1. The van der Waals surface area contributed by atoms with Gasteiger partial charge in [0.1, 0.15) is 0 Å². The van der Waals surface area contributed by atoms with Gasteiger partial charge in [0.2, 0.25) is 5.91 Å². The molecule has 1 saturated heterocycles. The van der Waals surface area contributed by atoms with Gasteiger partial charge in [-0.1, -0.05) is 11.8 Å². The van der Waals surface area contributed by atoms with E-state index in [9.17, 15) is 4.79 Å². The van der Waals surface area contributed by atoms with Crippen molar-refractivity contribution < 1.29 is 14.1 Å². The number of carbonyl (C=O) groups is 1. The van der Waals surface area contributed by atoms with Crippen molar-refractivity contribution >= 4 is 17.7 Å². The number of hydrogen-bond acceptors (Lipinski definition) is 6. The van der Waals surface area contributed by atoms with Gasteiger partial charge in [-0.05, 0) is 19.1 Å². The molecule has 2 N–H and O–H groups in total. The zero-order chi connectivity index (χ0) is 16.9. The Morgan fingerprint density at radius 1 is 1.42 bits per heavy atom. The largest absolute Gasteiger partial charge is 0.461 e. The molecular weight excluding hydrogens is 328 g/mol. The highest BCUT2D eigenvalue weighted by molar-refractivity contribution is 7.99. The molecule has 3 heterocycles. The van der Waals surface area contributed by atoms with E-state index in [2.05, 4.69) is 22.7 Å². The van der Waals surface area contributed by atoms with E-state index >= 15 is 0 Å². The Morgan fingerprint density at radius 2 is 2.21 bits per heavy atom. The summed E-state index contributed by atoms with van der Waals surface area (Å²) >= 11 is 1.39. The van der Waals surface area contributed by atoms with E-state index in [1.165, 1.54) is 16.7 Å². The first-order valence-electron chi connectivity index (χ1n) is 8.13. The van der Waals surface area contributed by atoms with Crippen molar-refractivity contribution in [3.8, 4) is 11.6 Å². The first-order valence-corrected chi connectivity index (χ1v) is 9.11. The molecule has 1 aliphatic rings. The number of nitrogens with zero attached hydrogens (tertiary/aromatic N) is 4. The number of nitrogens with one attached hydrogen (secondary N) is 2. The summed E-state index contributed by atoms with van der Waals surface area (Å²) < 4.78 is 7.34. The normalized spacial score (nSPS) is 16.4. The Labute approximate surface area is 145 Å². The number of furan rings is 1. The number of hydrazine groups is 1. The molecule has 0 unspecified atom stereocenters. The van der Waals surface area contributed by atoms with Crippen LogP contribution in [0.3, 0.4) is 0 Å². The second-order valence-electron chi connectivity index (χ2n) is 5.80. The van der Waals surface area contributed by atoms with Crippen LogP contribution in [0.15, 0.2) is 28.0 Å². The summed E-state index contributed by atoms with van der Waals surface area (Å²) in [6, 6.07) is 3.68. The molecule has 8 nitrogen and oxygen atoms in total. The van der Waals surface area contributed by atoms with Gasteiger partial charge >= 0.3 is 0 Å². The van der Waals surface area contributed by atoms with Crippen molar-refractivity contribution in [3.63, 3.8) is 0 Å². The van der Waals surface area contributed by atoms with E-state index in [1.807, 2.05) is 28.6 Å². The molecule has 1 amide bonds. The lowest BCUT2D eigenvalue weighted by Gasteiger charge is -2.29. The summed E-state index contributed by atoms with van der Waals surface area (Å²) in [6.45, 7) is 6.60. The van der Waals surface area contributed by atoms with Gasteiger partial charge in [0.25, 0.3) is 0 Å². The quantitative estimate of drug-likeness (QED) is 0.684. The van der Waals surface area contributed by atoms with E-state index in [0.29, 0.717) is 23.9 Å². The number of aromatic nitrogens is 3. The highest BCUT2D eigenvalue weighted by Gasteiger charge is 2.20. The smallest absolute Gasteiger partial charge is 0.244 e. The topological polar surface area (TPSA) is 80.6 Å². The third-order valence-electron chi connectivity index (χ3n) is 4.01. The molecule has 0 spiro atoms. The number of quaternary nitrogens is 1. The fourth-order valence-electron chi connectivity index (χ4n) is 2.61. The maximum Gasteiger partial charge on any atom is 0.244 e. The van der Waals surface area contributed by atoms with Crippen molar-refractivity contribution in [2.75, 3.05) is 39.0 Å². The molecule has 1 fully saturated rings. The van der Waals surface area contributed by atoms with Crippen molar-refractivity contribution in [1.29, 1.82) is 0 Å². The minimum absolute atomic E-state index is 0.00949. The predicted molar refractivity (Wildman–Crippen MR) is 90.5 cm³/mol. The second-order valence-corrected chi connectivity index (χ2v) is 6.74. The maximum absolute atomic E-state index is 12.1. The molecule has 2 aromatic rings. The van der Waals surface area contributed by atoms with E-state index in [-0.39, 0.29) is 5.91 Å². The number of amides is 1. The molecule has 24 heavy (non-hydrogen) atoms. The van der Waals surface area contributed by atoms with E-state index < -0.39 is 0 Å². The lowest BCUT2D eigenvalue weighted by molar-refractivity contribution is -0.884. The standard InChI is InChI=1S/C15H22N6O2S/c1-3-21-14(12-5-4-10-23-12)16-17-15(21)24-11-13(22)18-20-8-6-19(2)7-9-20/h4-5,10H,3,6-9,11H2,1-2H3,(H,18,22)/p+1. The molecule has 9 heteroatoms. The third-order valence-corrected chi connectivity index (χ3v) is 4.97. The van der Waals surface area contributed by atoms with Crippen molar-refractivity contribution in [2.24, 2.45) is 0 Å². The fraction of sp³-hybridized carbons (Fsp3) is 0.533. The first kappa shape index (κ1) is 17.0. The molecule has 2 aromatic heterocycles. The Kier molecular flexibility index (Phi) is 5.54. The molecular formula is C15H23N6O2S+. The highest BCUT2D eigenvalue weighted by Crippen LogP contribution is 2.23. The fourth-order valence-corrected chi connectivity index (χ4v) is 3.40. The monoisotopic (exact) mass is 351 g/mol. The molecule has 0 saturated carbocycles. The average Bonchev–Trinajstić information content (AvgIpc) is 3.23. The Morgan fingerprint density at radius 3 is 2.88 bits per heavy atom. The van der Waals surface area contributed by atoms with Crippen LogP contribution < -0.4 is 10.3 Å². The summed E-state index contributed by atoms with van der Waals surface area (Å²) in [5, 5.41) is 11.1. The number of thioether (sulfide) groups is 1. The van der Waals surface area contributed by atoms with Crippen LogP contribution in [0.2, 0.25) is 0 Å². The lowest BCUT2D eigenvalue weighted by atomic mass is 10.4. The first-order chi connectivity index (χ1) is 11.7. The molecule has 3 rings (SSSR count). The van der Waals surface area contributed by atoms with Gasteiger partial charge in [0, 0.05) is 6.54 Å². The maximum atomic E-state index is 12.1. The number of piperazine rings is 1. The van der Waals surface area contributed by atoms with Crippen LogP contribution in [0.4, 0.5) is 0 Å². The van der Waals surface area contributed by atoms with Crippen LogP contribution in [0, 0.1) is 0 Å². The number of likely N-dealkylation sites (N-methyl/N-ethyl adjacent to an activating group) is 1. The van der Waals surface area contributed by atoms with E-state index in [4.69, 9.17) is 4.42 Å². The summed E-state index contributed by atoms with van der Waals surface area (Å²) in [5.41, 5.74) is 2.97. The Bertz CT molecular complexity index is 664. The molecule has 0 aliphatic carbocycles. The van der Waals surface area contributed by atoms with Crippen molar-refractivity contribution in [3.05, 3.63) is 18.4 Å². The van der Waals surface area contributed by atoms with Gasteiger partial charge in [-0.25, -0.2) is 5.01 Å². The summed E-state index contributed by atoms with van der Waals surface area (Å²) in [7, 11) is 2.17. The number of rotatable bonds is 6. The van der Waals surface area contributed by atoms with Crippen molar-refractivity contribution in [1.82, 2.24) is 25.2 Å². The molecule has 1 aliphatic heterocycles.